The topological polar surface area (TPSA) is 71.5 Å². The Labute approximate surface area is 142 Å². The van der Waals surface area contributed by atoms with Crippen LogP contribution in [0.2, 0.25) is 0 Å². The van der Waals surface area contributed by atoms with Gasteiger partial charge in [-0.25, -0.2) is 4.98 Å². The zero-order valence-electron chi connectivity index (χ0n) is 14.1. The molecule has 0 spiro atoms. The fourth-order valence-corrected chi connectivity index (χ4v) is 3.30. The second-order valence-electron chi connectivity index (χ2n) is 6.35. The van der Waals surface area contributed by atoms with Gasteiger partial charge in [-0.15, -0.1) is 0 Å². The van der Waals surface area contributed by atoms with Crippen molar-refractivity contribution >= 4 is 5.91 Å². The van der Waals surface area contributed by atoms with Crippen LogP contribution in [0.1, 0.15) is 60.7 Å². The molecule has 24 heavy (non-hydrogen) atoms. The molecule has 1 aliphatic heterocycles. The van der Waals surface area contributed by atoms with Crippen LogP contribution in [0, 0.1) is 0 Å². The smallest absolute Gasteiger partial charge is 0.289 e. The maximum atomic E-state index is 12.6. The Bertz CT molecular complexity index is 677. The lowest BCUT2D eigenvalue weighted by Gasteiger charge is -2.32. The number of furan rings is 1. The van der Waals surface area contributed by atoms with Crippen molar-refractivity contribution in [2.45, 2.75) is 51.7 Å². The van der Waals surface area contributed by atoms with Gasteiger partial charge in [-0.1, -0.05) is 13.3 Å². The molecule has 130 valence electrons. The fraction of sp³-hybridized carbons (Fsp3) is 0.556. The van der Waals surface area contributed by atoms with Crippen LogP contribution in [-0.2, 0) is 13.2 Å². The molecule has 3 rings (SSSR count). The molecule has 1 amide bonds. The number of unbranched alkanes of at least 4 members (excludes halogenated alkanes) is 1. The van der Waals surface area contributed by atoms with Crippen LogP contribution < -0.4 is 0 Å². The van der Waals surface area contributed by atoms with E-state index < -0.39 is 0 Å². The first-order valence-electron chi connectivity index (χ1n) is 8.72. The Hall–Kier alpha value is -2.08. The van der Waals surface area contributed by atoms with Crippen molar-refractivity contribution in [2.24, 2.45) is 0 Å². The van der Waals surface area contributed by atoms with Gasteiger partial charge in [-0.3, -0.25) is 4.79 Å². The van der Waals surface area contributed by atoms with Crippen LogP contribution in [0.4, 0.5) is 0 Å². The molecule has 1 N–H and O–H groups in total. The summed E-state index contributed by atoms with van der Waals surface area (Å²) in [4.78, 5) is 19.0. The molecule has 1 saturated heterocycles. The summed E-state index contributed by atoms with van der Waals surface area (Å²) in [5.74, 6) is 1.96. The normalized spacial score (nSPS) is 18.1. The molecule has 3 heterocycles. The summed E-state index contributed by atoms with van der Waals surface area (Å²) in [5, 5.41) is 9.08. The van der Waals surface area contributed by atoms with Crippen molar-refractivity contribution in [3.8, 4) is 0 Å². The van der Waals surface area contributed by atoms with Gasteiger partial charge in [0.25, 0.3) is 5.91 Å². The van der Waals surface area contributed by atoms with E-state index in [-0.39, 0.29) is 18.4 Å². The number of hydrogen-bond acceptors (Lipinski definition) is 4. The van der Waals surface area contributed by atoms with Crippen LogP contribution in [0.3, 0.4) is 0 Å². The van der Waals surface area contributed by atoms with Crippen molar-refractivity contribution < 1.29 is 14.3 Å². The molecule has 6 nitrogen and oxygen atoms in total. The second kappa shape index (κ2) is 7.66. The zero-order chi connectivity index (χ0) is 16.9. The number of imidazole rings is 1. The van der Waals surface area contributed by atoms with Crippen molar-refractivity contribution in [1.82, 2.24) is 14.5 Å². The summed E-state index contributed by atoms with van der Waals surface area (Å²) in [6.07, 6.45) is 8.18. The van der Waals surface area contributed by atoms with Gasteiger partial charge in [0.2, 0.25) is 0 Å². The average Bonchev–Trinajstić information content (AvgIpc) is 3.28. The molecular formula is C18H25N3O3. The highest BCUT2D eigenvalue weighted by molar-refractivity contribution is 5.91. The predicted octanol–water partition coefficient (Wildman–Crippen LogP) is 2.79. The summed E-state index contributed by atoms with van der Waals surface area (Å²) >= 11 is 0. The number of nitrogens with zero attached hydrogens (tertiary/aromatic N) is 3. The SMILES string of the molecule is CCCCn1ccnc1[C@H]1CCCN(C(=O)c2ccc(CO)o2)C1. The molecule has 0 aliphatic carbocycles. The molecule has 0 bridgehead atoms. The summed E-state index contributed by atoms with van der Waals surface area (Å²) < 4.78 is 7.61. The Kier molecular flexibility index (Phi) is 5.35. The highest BCUT2D eigenvalue weighted by atomic mass is 16.4. The number of aromatic nitrogens is 2. The molecule has 2 aromatic heterocycles. The summed E-state index contributed by atoms with van der Waals surface area (Å²) in [6, 6.07) is 3.28. The van der Waals surface area contributed by atoms with Crippen LogP contribution in [0.25, 0.3) is 0 Å². The maximum Gasteiger partial charge on any atom is 0.289 e. The van der Waals surface area contributed by atoms with Crippen LogP contribution >= 0.6 is 0 Å². The van der Waals surface area contributed by atoms with Crippen molar-refractivity contribution in [1.29, 1.82) is 0 Å². The van der Waals surface area contributed by atoms with E-state index in [1.807, 2.05) is 17.3 Å². The molecule has 0 aromatic carbocycles. The molecule has 0 unspecified atom stereocenters. The quantitative estimate of drug-likeness (QED) is 0.883. The van der Waals surface area contributed by atoms with Gasteiger partial charge in [-0.2, -0.15) is 0 Å². The highest BCUT2D eigenvalue weighted by Gasteiger charge is 2.29. The van der Waals surface area contributed by atoms with E-state index >= 15 is 0 Å². The number of rotatable bonds is 6. The fourth-order valence-electron chi connectivity index (χ4n) is 3.30. The van der Waals surface area contributed by atoms with Crippen LogP contribution in [0.5, 0.6) is 0 Å². The first kappa shape index (κ1) is 16.8. The number of aliphatic hydroxyl groups is 1. The number of amides is 1. The minimum atomic E-state index is -0.190. The monoisotopic (exact) mass is 331 g/mol. The number of hydrogen-bond donors (Lipinski definition) is 1. The van der Waals surface area contributed by atoms with Gasteiger partial charge >= 0.3 is 0 Å². The minimum Gasteiger partial charge on any atom is -0.453 e. The lowest BCUT2D eigenvalue weighted by atomic mass is 9.97. The van der Waals surface area contributed by atoms with E-state index in [1.165, 1.54) is 0 Å². The Morgan fingerprint density at radius 2 is 2.33 bits per heavy atom. The summed E-state index contributed by atoms with van der Waals surface area (Å²) in [5.41, 5.74) is 0. The standard InChI is InChI=1S/C18H25N3O3/c1-2-3-9-20-11-8-19-17(20)14-5-4-10-21(12-14)18(23)16-7-6-15(13-22)24-16/h6-8,11,14,22H,2-5,9-10,12-13H2,1H3/t14-/m0/s1. The van der Waals surface area contributed by atoms with E-state index in [0.29, 0.717) is 18.1 Å². The average molecular weight is 331 g/mol. The van der Waals surface area contributed by atoms with Crippen molar-refractivity contribution in [3.05, 3.63) is 41.9 Å². The summed E-state index contributed by atoms with van der Waals surface area (Å²) in [6.45, 7) is 4.37. The van der Waals surface area contributed by atoms with Crippen LogP contribution in [-0.4, -0.2) is 38.6 Å². The first-order chi connectivity index (χ1) is 11.7. The third kappa shape index (κ3) is 3.53. The largest absolute Gasteiger partial charge is 0.453 e. The second-order valence-corrected chi connectivity index (χ2v) is 6.35. The number of aryl methyl sites for hydroxylation is 1. The molecule has 0 saturated carbocycles. The Morgan fingerprint density at radius 3 is 3.08 bits per heavy atom. The van der Waals surface area contributed by atoms with E-state index in [4.69, 9.17) is 9.52 Å². The third-order valence-corrected chi connectivity index (χ3v) is 4.60. The Morgan fingerprint density at radius 1 is 1.46 bits per heavy atom. The Balaban J connectivity index is 1.70. The lowest BCUT2D eigenvalue weighted by Crippen LogP contribution is -2.39. The molecule has 6 heteroatoms. The molecule has 1 aliphatic rings. The third-order valence-electron chi connectivity index (χ3n) is 4.60. The summed E-state index contributed by atoms with van der Waals surface area (Å²) in [7, 11) is 0. The van der Waals surface area contributed by atoms with Gasteiger partial charge in [0.1, 0.15) is 18.2 Å². The molecule has 0 radical (unpaired) electrons. The van der Waals surface area contributed by atoms with Crippen LogP contribution in [0.15, 0.2) is 28.9 Å². The van der Waals surface area contributed by atoms with Gasteiger partial charge in [0.15, 0.2) is 5.76 Å². The first-order valence-corrected chi connectivity index (χ1v) is 8.72. The number of carbonyl (C=O) groups is 1. The van der Waals surface area contributed by atoms with Gasteiger partial charge in [-0.05, 0) is 31.4 Å². The van der Waals surface area contributed by atoms with Crippen molar-refractivity contribution in [2.75, 3.05) is 13.1 Å². The molecule has 1 fully saturated rings. The number of carbonyl (C=O) groups excluding carboxylic acids is 1. The van der Waals surface area contributed by atoms with Gasteiger partial charge < -0.3 is 19.0 Å². The molecule has 1 atom stereocenters. The molecular weight excluding hydrogens is 306 g/mol. The van der Waals surface area contributed by atoms with E-state index in [2.05, 4.69) is 16.5 Å². The maximum absolute atomic E-state index is 12.6. The number of piperidine rings is 1. The number of likely N-dealkylation sites (tertiary alicyclic amines) is 1. The van der Waals surface area contributed by atoms with Gasteiger partial charge in [0, 0.05) is 37.9 Å². The van der Waals surface area contributed by atoms with E-state index in [9.17, 15) is 4.79 Å². The van der Waals surface area contributed by atoms with Gasteiger partial charge in [0.05, 0.1) is 0 Å². The molecule has 2 aromatic rings. The highest BCUT2D eigenvalue weighted by Crippen LogP contribution is 2.27. The zero-order valence-corrected chi connectivity index (χ0v) is 14.1. The van der Waals surface area contributed by atoms with E-state index in [0.717, 1.165) is 44.6 Å². The van der Waals surface area contributed by atoms with Crippen molar-refractivity contribution in [3.63, 3.8) is 0 Å². The minimum absolute atomic E-state index is 0.105. The lowest BCUT2D eigenvalue weighted by molar-refractivity contribution is 0.0666. The predicted molar refractivity (Wildman–Crippen MR) is 89.6 cm³/mol. The number of aliphatic hydroxyl groups excluding tert-OH is 1. The van der Waals surface area contributed by atoms with E-state index in [1.54, 1.807) is 12.1 Å².